The molecule has 0 radical (unpaired) electrons. The Hall–Kier alpha value is -3.43. The highest BCUT2D eigenvalue weighted by Crippen LogP contribution is 2.31. The smallest absolute Gasteiger partial charge is 0.409 e. The third-order valence-corrected chi connectivity index (χ3v) is 8.10. The number of nitrogens with one attached hydrogen (secondary N) is 2. The molecule has 9 heteroatoms. The maximum absolute atomic E-state index is 13.5. The first-order valence-corrected chi connectivity index (χ1v) is 13.5. The van der Waals surface area contributed by atoms with E-state index in [4.69, 9.17) is 4.74 Å². The number of fused-ring (bicyclic) bond motifs is 1. The predicted molar refractivity (Wildman–Crippen MR) is 140 cm³/mol. The summed E-state index contributed by atoms with van der Waals surface area (Å²) in [4.78, 5) is 26.7. The zero-order valence-corrected chi connectivity index (χ0v) is 21.5. The normalized spacial score (nSPS) is 18.1. The monoisotopic (exact) mass is 509 g/mol. The second kappa shape index (κ2) is 10.7. The Morgan fingerprint density at radius 2 is 1.72 bits per heavy atom. The van der Waals surface area contributed by atoms with Crippen LogP contribution in [0.25, 0.3) is 10.8 Å². The molecule has 0 aromatic heterocycles. The van der Waals surface area contributed by atoms with E-state index in [9.17, 15) is 18.0 Å². The third kappa shape index (κ3) is 5.37. The van der Waals surface area contributed by atoms with Crippen molar-refractivity contribution in [1.82, 2.24) is 9.62 Å². The summed E-state index contributed by atoms with van der Waals surface area (Å²) in [6.45, 7) is 6.67. The molecule has 3 aromatic carbocycles. The van der Waals surface area contributed by atoms with E-state index in [1.807, 2.05) is 32.0 Å². The van der Waals surface area contributed by atoms with Gasteiger partial charge in [0.25, 0.3) is 5.91 Å². The van der Waals surface area contributed by atoms with Gasteiger partial charge in [-0.2, -0.15) is 0 Å². The van der Waals surface area contributed by atoms with Crippen molar-refractivity contribution in [2.24, 2.45) is 5.92 Å². The Balaban J connectivity index is 1.57. The van der Waals surface area contributed by atoms with Crippen LogP contribution in [0.1, 0.15) is 36.2 Å². The second-order valence-corrected chi connectivity index (χ2v) is 10.7. The highest BCUT2D eigenvalue weighted by Gasteiger charge is 2.33. The number of aryl methyl sites for hydroxylation is 1. The van der Waals surface area contributed by atoms with Gasteiger partial charge in [-0.1, -0.05) is 49.4 Å². The number of piperidine rings is 1. The van der Waals surface area contributed by atoms with Crippen LogP contribution in [-0.4, -0.2) is 51.1 Å². The lowest BCUT2D eigenvalue weighted by molar-refractivity contribution is 0.0846. The molecule has 1 aliphatic rings. The van der Waals surface area contributed by atoms with Gasteiger partial charge < -0.3 is 15.0 Å². The predicted octanol–water partition coefficient (Wildman–Crippen LogP) is 4.55. The van der Waals surface area contributed by atoms with Gasteiger partial charge in [0.15, 0.2) is 0 Å². The molecule has 190 valence electrons. The van der Waals surface area contributed by atoms with Gasteiger partial charge in [0.1, 0.15) is 0 Å². The molecular weight excluding hydrogens is 478 g/mol. The minimum absolute atomic E-state index is 0.0862. The summed E-state index contributed by atoms with van der Waals surface area (Å²) < 4.78 is 34.9. The standard InChI is InChI=1S/C27H31N3O5S/c1-4-35-27(32)30-16-15-23(19(3)17-30)29-36(33,34)25-14-13-24(21-11-7-8-12-22(21)25)28-26(31)20-10-6-5-9-18(20)2/h5-14,19,23,29H,4,15-17H2,1-3H3,(H,28,31)/t19-,23?/m1/s1. The fraction of sp³-hybridized carbons (Fsp3) is 0.333. The van der Waals surface area contributed by atoms with Gasteiger partial charge >= 0.3 is 6.09 Å². The van der Waals surface area contributed by atoms with Crippen LogP contribution < -0.4 is 10.0 Å². The number of amides is 2. The molecule has 0 bridgehead atoms. The quantitative estimate of drug-likeness (QED) is 0.507. The maximum Gasteiger partial charge on any atom is 0.409 e. The summed E-state index contributed by atoms with van der Waals surface area (Å²) in [5.74, 6) is -0.342. The maximum atomic E-state index is 13.5. The number of hydrogen-bond donors (Lipinski definition) is 2. The molecule has 36 heavy (non-hydrogen) atoms. The Morgan fingerprint density at radius 3 is 2.42 bits per heavy atom. The molecule has 4 rings (SSSR count). The number of ether oxygens (including phenoxy) is 1. The lowest BCUT2D eigenvalue weighted by Gasteiger charge is -2.36. The number of sulfonamides is 1. The fourth-order valence-corrected chi connectivity index (χ4v) is 6.19. The first kappa shape index (κ1) is 25.7. The summed E-state index contributed by atoms with van der Waals surface area (Å²) in [7, 11) is -3.87. The Kier molecular flexibility index (Phi) is 7.61. The average molecular weight is 510 g/mol. The molecule has 8 nitrogen and oxygen atoms in total. The van der Waals surface area contributed by atoms with Crippen LogP contribution >= 0.6 is 0 Å². The van der Waals surface area contributed by atoms with Crippen LogP contribution in [0.15, 0.2) is 65.6 Å². The molecule has 0 aliphatic carbocycles. The topological polar surface area (TPSA) is 105 Å². The largest absolute Gasteiger partial charge is 0.450 e. The zero-order valence-electron chi connectivity index (χ0n) is 20.7. The van der Waals surface area contributed by atoms with Crippen LogP contribution in [0.4, 0.5) is 10.5 Å². The zero-order chi connectivity index (χ0) is 25.9. The molecule has 1 unspecified atom stereocenters. The van der Waals surface area contributed by atoms with Gasteiger partial charge in [0.05, 0.1) is 11.5 Å². The van der Waals surface area contributed by atoms with Gasteiger partial charge in [-0.15, -0.1) is 0 Å². The van der Waals surface area contributed by atoms with E-state index < -0.39 is 10.0 Å². The van der Waals surface area contributed by atoms with Crippen LogP contribution in [0.5, 0.6) is 0 Å². The van der Waals surface area contributed by atoms with Gasteiger partial charge in [-0.25, -0.2) is 17.9 Å². The van der Waals surface area contributed by atoms with E-state index in [-0.39, 0.29) is 28.9 Å². The lowest BCUT2D eigenvalue weighted by atomic mass is 9.95. The number of carbonyl (C=O) groups is 2. The van der Waals surface area contributed by atoms with Crippen molar-refractivity contribution in [2.75, 3.05) is 25.0 Å². The van der Waals surface area contributed by atoms with Crippen molar-refractivity contribution >= 4 is 38.5 Å². The van der Waals surface area contributed by atoms with E-state index in [0.29, 0.717) is 48.1 Å². The molecule has 3 aromatic rings. The number of benzene rings is 3. The second-order valence-electron chi connectivity index (χ2n) is 9.06. The van der Waals surface area contributed by atoms with Gasteiger partial charge in [0, 0.05) is 41.2 Å². The molecule has 1 saturated heterocycles. The number of likely N-dealkylation sites (tertiary alicyclic amines) is 1. The Morgan fingerprint density at radius 1 is 1.03 bits per heavy atom. The fourth-order valence-electron chi connectivity index (χ4n) is 4.60. The van der Waals surface area contributed by atoms with Crippen LogP contribution in [0.2, 0.25) is 0 Å². The van der Waals surface area contributed by atoms with Gasteiger partial charge in [-0.3, -0.25) is 4.79 Å². The summed E-state index contributed by atoms with van der Waals surface area (Å²) in [6.07, 6.45) is 0.113. The Bertz CT molecular complexity index is 1390. The highest BCUT2D eigenvalue weighted by molar-refractivity contribution is 7.89. The summed E-state index contributed by atoms with van der Waals surface area (Å²) in [5.41, 5.74) is 1.95. The number of nitrogens with zero attached hydrogens (tertiary/aromatic N) is 1. The van der Waals surface area contributed by atoms with Crippen molar-refractivity contribution in [3.05, 3.63) is 71.8 Å². The van der Waals surface area contributed by atoms with E-state index in [2.05, 4.69) is 10.0 Å². The third-order valence-electron chi connectivity index (χ3n) is 6.55. The summed E-state index contributed by atoms with van der Waals surface area (Å²) >= 11 is 0. The molecule has 1 fully saturated rings. The molecule has 2 N–H and O–H groups in total. The van der Waals surface area contributed by atoms with E-state index in [1.165, 1.54) is 6.07 Å². The van der Waals surface area contributed by atoms with E-state index in [1.54, 1.807) is 48.2 Å². The van der Waals surface area contributed by atoms with Crippen molar-refractivity contribution in [3.8, 4) is 0 Å². The van der Waals surface area contributed by atoms with Crippen molar-refractivity contribution in [2.45, 2.75) is 38.1 Å². The molecule has 1 heterocycles. The molecule has 1 aliphatic heterocycles. The molecular formula is C27H31N3O5S. The van der Waals surface area contributed by atoms with Crippen molar-refractivity contribution < 1.29 is 22.7 Å². The van der Waals surface area contributed by atoms with Crippen LogP contribution in [-0.2, 0) is 14.8 Å². The molecule has 0 saturated carbocycles. The minimum Gasteiger partial charge on any atom is -0.450 e. The highest BCUT2D eigenvalue weighted by atomic mass is 32.2. The number of rotatable bonds is 6. The van der Waals surface area contributed by atoms with Gasteiger partial charge in [-0.05, 0) is 49.9 Å². The SMILES string of the molecule is CCOC(=O)N1CCC(NS(=O)(=O)c2ccc(NC(=O)c3ccccc3C)c3ccccc23)[C@H](C)C1. The Labute approximate surface area is 211 Å². The molecule has 2 amide bonds. The van der Waals surface area contributed by atoms with Gasteiger partial charge in [0.2, 0.25) is 10.0 Å². The molecule has 2 atom stereocenters. The van der Waals surface area contributed by atoms with E-state index >= 15 is 0 Å². The summed E-state index contributed by atoms with van der Waals surface area (Å²) in [6, 6.07) is 17.2. The lowest BCUT2D eigenvalue weighted by Crippen LogP contribution is -2.51. The average Bonchev–Trinajstić information content (AvgIpc) is 2.85. The minimum atomic E-state index is -3.87. The first-order valence-electron chi connectivity index (χ1n) is 12.0. The van der Waals surface area contributed by atoms with Crippen LogP contribution in [0, 0.1) is 12.8 Å². The molecule has 0 spiro atoms. The first-order chi connectivity index (χ1) is 17.2. The number of anilines is 1. The van der Waals surface area contributed by atoms with Crippen LogP contribution in [0.3, 0.4) is 0 Å². The van der Waals surface area contributed by atoms with Crippen molar-refractivity contribution in [3.63, 3.8) is 0 Å². The number of carbonyl (C=O) groups excluding carboxylic acids is 2. The summed E-state index contributed by atoms with van der Waals surface area (Å²) in [5, 5.41) is 4.08. The van der Waals surface area contributed by atoms with Crippen molar-refractivity contribution in [1.29, 1.82) is 0 Å². The van der Waals surface area contributed by atoms with E-state index in [0.717, 1.165) is 5.56 Å². The number of hydrogen-bond acceptors (Lipinski definition) is 5.